The Balaban J connectivity index is 2.71. The highest BCUT2D eigenvalue weighted by Gasteiger charge is 2.24. The molecule has 0 aliphatic carbocycles. The van der Waals surface area contributed by atoms with E-state index in [4.69, 9.17) is 0 Å². The van der Waals surface area contributed by atoms with Gasteiger partial charge in [-0.2, -0.15) is 0 Å². The smallest absolute Gasteiger partial charge is 0.221 e. The lowest BCUT2D eigenvalue weighted by Gasteiger charge is -2.28. The molecule has 0 unspecified atom stereocenters. The molecule has 0 aliphatic rings. The van der Waals surface area contributed by atoms with E-state index in [1.54, 1.807) is 0 Å². The molecule has 0 heterocycles. The van der Waals surface area contributed by atoms with Crippen molar-refractivity contribution in [1.29, 1.82) is 0 Å². The zero-order valence-electron chi connectivity index (χ0n) is 11.5. The van der Waals surface area contributed by atoms with Gasteiger partial charge in [-0.25, -0.2) is 0 Å². The fourth-order valence-electron chi connectivity index (χ4n) is 1.80. The Bertz CT molecular complexity index is 374. The number of carbonyl (C=O) groups is 1. The van der Waals surface area contributed by atoms with Crippen molar-refractivity contribution >= 4 is 5.91 Å². The third kappa shape index (κ3) is 4.59. The molecule has 0 aromatic heterocycles. The summed E-state index contributed by atoms with van der Waals surface area (Å²) in [6.07, 6.45) is 0.545. The SMILES string of the molecule is CC(C)(C)CC(=O)NC(C)(C)c1ccccc1. The maximum absolute atomic E-state index is 11.9. The van der Waals surface area contributed by atoms with Gasteiger partial charge in [-0.3, -0.25) is 4.79 Å². The van der Waals surface area contributed by atoms with E-state index in [9.17, 15) is 4.79 Å². The average Bonchev–Trinajstić information content (AvgIpc) is 2.15. The Morgan fingerprint density at radius 2 is 1.59 bits per heavy atom. The van der Waals surface area contributed by atoms with Crippen molar-refractivity contribution in [1.82, 2.24) is 5.32 Å². The fourth-order valence-corrected chi connectivity index (χ4v) is 1.80. The van der Waals surface area contributed by atoms with Crippen molar-refractivity contribution in [3.05, 3.63) is 35.9 Å². The van der Waals surface area contributed by atoms with E-state index < -0.39 is 0 Å². The van der Waals surface area contributed by atoms with Crippen molar-refractivity contribution in [2.24, 2.45) is 5.41 Å². The number of carbonyl (C=O) groups excluding carboxylic acids is 1. The summed E-state index contributed by atoms with van der Waals surface area (Å²) >= 11 is 0. The van der Waals surface area contributed by atoms with Crippen LogP contribution >= 0.6 is 0 Å². The van der Waals surface area contributed by atoms with E-state index >= 15 is 0 Å². The number of rotatable bonds is 3. The van der Waals surface area contributed by atoms with Crippen LogP contribution in [0.5, 0.6) is 0 Å². The van der Waals surface area contributed by atoms with Crippen LogP contribution in [0.1, 0.15) is 46.6 Å². The van der Waals surface area contributed by atoms with E-state index in [-0.39, 0.29) is 16.9 Å². The lowest BCUT2D eigenvalue weighted by molar-refractivity contribution is -0.124. The van der Waals surface area contributed by atoms with Crippen molar-refractivity contribution in [3.63, 3.8) is 0 Å². The highest BCUT2D eigenvalue weighted by atomic mass is 16.1. The van der Waals surface area contributed by atoms with E-state index in [1.807, 2.05) is 44.2 Å². The van der Waals surface area contributed by atoms with Gasteiger partial charge in [0.2, 0.25) is 5.91 Å². The van der Waals surface area contributed by atoms with Gasteiger partial charge in [-0.1, -0.05) is 51.1 Å². The van der Waals surface area contributed by atoms with Gasteiger partial charge in [0.1, 0.15) is 0 Å². The molecule has 0 bridgehead atoms. The molecule has 2 nitrogen and oxygen atoms in total. The first-order valence-corrected chi connectivity index (χ1v) is 6.07. The molecule has 0 spiro atoms. The molecule has 1 aromatic rings. The summed E-state index contributed by atoms with van der Waals surface area (Å²) < 4.78 is 0. The molecule has 0 fully saturated rings. The van der Waals surface area contributed by atoms with Crippen LogP contribution in [0.15, 0.2) is 30.3 Å². The van der Waals surface area contributed by atoms with E-state index in [0.29, 0.717) is 6.42 Å². The Kier molecular flexibility index (Phi) is 3.97. The van der Waals surface area contributed by atoms with E-state index in [1.165, 1.54) is 0 Å². The van der Waals surface area contributed by atoms with Crippen molar-refractivity contribution in [2.45, 2.75) is 46.6 Å². The minimum absolute atomic E-state index is 0.0247. The zero-order chi connectivity index (χ0) is 13.1. The van der Waals surface area contributed by atoms with Crippen LogP contribution in [-0.2, 0) is 10.3 Å². The standard InChI is InChI=1S/C15H23NO/c1-14(2,3)11-13(17)16-15(4,5)12-9-7-6-8-10-12/h6-10H,11H2,1-5H3,(H,16,17). The second kappa shape index (κ2) is 4.91. The highest BCUT2D eigenvalue weighted by molar-refractivity contribution is 5.77. The highest BCUT2D eigenvalue weighted by Crippen LogP contribution is 2.22. The van der Waals surface area contributed by atoms with Gasteiger partial charge in [0.15, 0.2) is 0 Å². The van der Waals surface area contributed by atoms with Gasteiger partial charge in [0, 0.05) is 6.42 Å². The first kappa shape index (κ1) is 13.8. The van der Waals surface area contributed by atoms with E-state index in [0.717, 1.165) is 5.56 Å². The summed E-state index contributed by atoms with van der Waals surface area (Å²) in [4.78, 5) is 11.9. The third-order valence-electron chi connectivity index (χ3n) is 2.64. The van der Waals surface area contributed by atoms with Gasteiger partial charge in [0.25, 0.3) is 0 Å². The molecule has 2 heteroatoms. The van der Waals surface area contributed by atoms with Crippen molar-refractivity contribution in [3.8, 4) is 0 Å². The monoisotopic (exact) mass is 233 g/mol. The number of hydrogen-bond acceptors (Lipinski definition) is 1. The van der Waals surface area contributed by atoms with Crippen molar-refractivity contribution < 1.29 is 4.79 Å². The molecule has 0 saturated heterocycles. The van der Waals surface area contributed by atoms with Gasteiger partial charge in [-0.05, 0) is 24.8 Å². The van der Waals surface area contributed by atoms with Gasteiger partial charge < -0.3 is 5.32 Å². The number of nitrogens with one attached hydrogen (secondary N) is 1. The van der Waals surface area contributed by atoms with Crippen LogP contribution in [0.2, 0.25) is 0 Å². The molecule has 94 valence electrons. The average molecular weight is 233 g/mol. The van der Waals surface area contributed by atoms with Crippen molar-refractivity contribution in [2.75, 3.05) is 0 Å². The first-order valence-electron chi connectivity index (χ1n) is 6.07. The normalized spacial score (nSPS) is 12.3. The minimum Gasteiger partial charge on any atom is -0.347 e. The maximum atomic E-state index is 11.9. The van der Waals surface area contributed by atoms with Crippen LogP contribution < -0.4 is 5.32 Å². The molecule has 0 atom stereocenters. The largest absolute Gasteiger partial charge is 0.347 e. The predicted octanol–water partition coefficient (Wildman–Crippen LogP) is 3.47. The molecule has 1 aromatic carbocycles. The van der Waals surface area contributed by atoms with Gasteiger partial charge in [-0.15, -0.1) is 0 Å². The summed E-state index contributed by atoms with van der Waals surface area (Å²) in [5, 5.41) is 3.09. The maximum Gasteiger partial charge on any atom is 0.221 e. The summed E-state index contributed by atoms with van der Waals surface area (Å²) in [7, 11) is 0. The number of hydrogen-bond donors (Lipinski definition) is 1. The molecule has 0 aliphatic heterocycles. The van der Waals surface area contributed by atoms with Crippen LogP contribution in [0, 0.1) is 5.41 Å². The molecule has 17 heavy (non-hydrogen) atoms. The lowest BCUT2D eigenvalue weighted by Crippen LogP contribution is -2.42. The van der Waals surface area contributed by atoms with Crippen LogP contribution in [-0.4, -0.2) is 5.91 Å². The summed E-state index contributed by atoms with van der Waals surface area (Å²) in [6.45, 7) is 10.3. The molecule has 0 radical (unpaired) electrons. The minimum atomic E-state index is -0.316. The quantitative estimate of drug-likeness (QED) is 0.851. The van der Waals surface area contributed by atoms with Crippen LogP contribution in [0.4, 0.5) is 0 Å². The topological polar surface area (TPSA) is 29.1 Å². The van der Waals surface area contributed by atoms with E-state index in [2.05, 4.69) is 26.1 Å². The van der Waals surface area contributed by atoms with Gasteiger partial charge in [0.05, 0.1) is 5.54 Å². The van der Waals surface area contributed by atoms with Crippen LogP contribution in [0.25, 0.3) is 0 Å². The second-order valence-electron chi connectivity index (χ2n) is 6.28. The Morgan fingerprint density at radius 3 is 2.06 bits per heavy atom. The third-order valence-corrected chi connectivity index (χ3v) is 2.64. The molecule has 1 rings (SSSR count). The lowest BCUT2D eigenvalue weighted by atomic mass is 9.90. The number of benzene rings is 1. The first-order chi connectivity index (χ1) is 7.71. The summed E-state index contributed by atoms with van der Waals surface area (Å²) in [5.41, 5.74) is 0.836. The van der Waals surface area contributed by atoms with Gasteiger partial charge >= 0.3 is 0 Å². The second-order valence-corrected chi connectivity index (χ2v) is 6.28. The molecular formula is C15H23NO. The van der Waals surface area contributed by atoms with Crippen LogP contribution in [0.3, 0.4) is 0 Å². The number of amides is 1. The zero-order valence-corrected chi connectivity index (χ0v) is 11.5. The summed E-state index contributed by atoms with van der Waals surface area (Å²) in [5.74, 6) is 0.103. The predicted molar refractivity (Wildman–Crippen MR) is 71.7 cm³/mol. The Hall–Kier alpha value is -1.31. The molecule has 0 saturated carbocycles. The Labute approximate surface area is 104 Å². The fraction of sp³-hybridized carbons (Fsp3) is 0.533. The molecule has 1 N–H and O–H groups in total. The molecular weight excluding hydrogens is 210 g/mol. The summed E-state index contributed by atoms with van der Waals surface area (Å²) in [6, 6.07) is 10.0. The Morgan fingerprint density at radius 1 is 1.06 bits per heavy atom. The molecule has 1 amide bonds.